The van der Waals surface area contributed by atoms with Gasteiger partial charge in [0.05, 0.1) is 5.69 Å². The monoisotopic (exact) mass is 341 g/mol. The molecule has 4 nitrogen and oxygen atoms in total. The van der Waals surface area contributed by atoms with Crippen LogP contribution in [0.15, 0.2) is 60.2 Å². The van der Waals surface area contributed by atoms with Gasteiger partial charge in [-0.25, -0.2) is 4.98 Å². The fourth-order valence-electron chi connectivity index (χ4n) is 1.90. The van der Waals surface area contributed by atoms with E-state index < -0.39 is 0 Å². The van der Waals surface area contributed by atoms with E-state index in [4.69, 9.17) is 11.6 Å². The van der Waals surface area contributed by atoms with Gasteiger partial charge in [0, 0.05) is 34.4 Å². The number of carbonyl (C=O) groups excluding carboxylic acids is 1. The number of thiazole rings is 1. The van der Waals surface area contributed by atoms with Crippen molar-refractivity contribution < 1.29 is 4.79 Å². The van der Waals surface area contributed by atoms with Gasteiger partial charge in [-0.3, -0.25) is 15.1 Å². The maximum atomic E-state index is 12.0. The molecule has 0 saturated carbocycles. The van der Waals surface area contributed by atoms with Crippen LogP contribution < -0.4 is 5.32 Å². The minimum absolute atomic E-state index is 0.253. The Labute approximate surface area is 142 Å². The van der Waals surface area contributed by atoms with Crippen molar-refractivity contribution in [2.75, 3.05) is 5.32 Å². The third kappa shape index (κ3) is 4.03. The lowest BCUT2D eigenvalue weighted by Gasteiger charge is -1.98. The second kappa shape index (κ2) is 7.17. The van der Waals surface area contributed by atoms with Gasteiger partial charge in [-0.2, -0.15) is 0 Å². The molecule has 1 N–H and O–H groups in total. The van der Waals surface area contributed by atoms with Crippen LogP contribution in [0.2, 0.25) is 5.02 Å². The zero-order valence-corrected chi connectivity index (χ0v) is 13.5. The Morgan fingerprint density at radius 3 is 2.87 bits per heavy atom. The van der Waals surface area contributed by atoms with Crippen LogP contribution >= 0.6 is 22.9 Å². The smallest absolute Gasteiger partial charge is 0.250 e. The zero-order valence-electron chi connectivity index (χ0n) is 11.9. The Kier molecular flexibility index (Phi) is 4.80. The molecule has 0 atom stereocenters. The van der Waals surface area contributed by atoms with E-state index in [0.29, 0.717) is 10.2 Å². The molecule has 2 aromatic heterocycles. The minimum Gasteiger partial charge on any atom is -0.298 e. The number of nitrogens with zero attached hydrogens (tertiary/aromatic N) is 2. The molecule has 3 rings (SSSR count). The molecule has 0 spiro atoms. The van der Waals surface area contributed by atoms with Gasteiger partial charge in [0.1, 0.15) is 0 Å². The molecule has 3 aromatic rings. The fraction of sp³-hybridized carbons (Fsp3) is 0. The standard InChI is InChI=1S/C17H12ClN3OS/c18-14-6-2-1-4-12(14)7-8-16(22)21-17-20-15(11-23-17)13-5-3-9-19-10-13/h1-11H,(H,20,21,22). The lowest BCUT2D eigenvalue weighted by molar-refractivity contribution is -0.111. The van der Waals surface area contributed by atoms with Crippen molar-refractivity contribution in [3.05, 3.63) is 70.8 Å². The summed E-state index contributed by atoms with van der Waals surface area (Å²) in [5.41, 5.74) is 2.49. The van der Waals surface area contributed by atoms with E-state index >= 15 is 0 Å². The lowest BCUT2D eigenvalue weighted by Crippen LogP contribution is -2.07. The first-order valence-electron chi connectivity index (χ1n) is 6.82. The van der Waals surface area contributed by atoms with Crippen LogP contribution in [0.4, 0.5) is 5.13 Å². The summed E-state index contributed by atoms with van der Waals surface area (Å²) in [6.45, 7) is 0. The highest BCUT2D eigenvalue weighted by Gasteiger charge is 2.06. The predicted octanol–water partition coefficient (Wildman–Crippen LogP) is 4.51. The number of anilines is 1. The first kappa shape index (κ1) is 15.4. The van der Waals surface area contributed by atoms with Crippen LogP contribution in [0.1, 0.15) is 5.56 Å². The first-order valence-corrected chi connectivity index (χ1v) is 8.07. The largest absolute Gasteiger partial charge is 0.298 e. The van der Waals surface area contributed by atoms with Crippen LogP contribution in [0.25, 0.3) is 17.3 Å². The molecule has 0 aliphatic heterocycles. The topological polar surface area (TPSA) is 54.9 Å². The summed E-state index contributed by atoms with van der Waals surface area (Å²) in [6.07, 6.45) is 6.55. The van der Waals surface area contributed by atoms with Crippen LogP contribution in [0, 0.1) is 0 Å². The highest BCUT2D eigenvalue weighted by molar-refractivity contribution is 7.14. The summed E-state index contributed by atoms with van der Waals surface area (Å²) < 4.78 is 0. The van der Waals surface area contributed by atoms with Crippen molar-refractivity contribution in [2.24, 2.45) is 0 Å². The molecule has 6 heteroatoms. The molecule has 2 heterocycles. The van der Waals surface area contributed by atoms with E-state index in [2.05, 4.69) is 15.3 Å². The van der Waals surface area contributed by atoms with Crippen molar-refractivity contribution in [1.82, 2.24) is 9.97 Å². The van der Waals surface area contributed by atoms with E-state index in [1.807, 2.05) is 35.7 Å². The molecule has 23 heavy (non-hydrogen) atoms. The van der Waals surface area contributed by atoms with Gasteiger partial charge >= 0.3 is 0 Å². The predicted molar refractivity (Wildman–Crippen MR) is 94.5 cm³/mol. The molecular weight excluding hydrogens is 330 g/mol. The number of aromatic nitrogens is 2. The maximum Gasteiger partial charge on any atom is 0.250 e. The average Bonchev–Trinajstić information content (AvgIpc) is 3.03. The lowest BCUT2D eigenvalue weighted by atomic mass is 10.2. The number of rotatable bonds is 4. The van der Waals surface area contributed by atoms with E-state index in [1.165, 1.54) is 17.4 Å². The van der Waals surface area contributed by atoms with Gasteiger partial charge in [-0.15, -0.1) is 11.3 Å². The van der Waals surface area contributed by atoms with Crippen molar-refractivity contribution >= 4 is 40.1 Å². The maximum absolute atomic E-state index is 12.0. The van der Waals surface area contributed by atoms with E-state index in [1.54, 1.807) is 24.5 Å². The summed E-state index contributed by atoms with van der Waals surface area (Å²) in [5, 5.41) is 5.76. The molecule has 0 aliphatic carbocycles. The zero-order chi connectivity index (χ0) is 16.1. The van der Waals surface area contributed by atoms with Crippen LogP contribution in [-0.4, -0.2) is 15.9 Å². The number of nitrogens with one attached hydrogen (secondary N) is 1. The van der Waals surface area contributed by atoms with E-state index in [0.717, 1.165) is 16.8 Å². The van der Waals surface area contributed by atoms with Crippen molar-refractivity contribution in [3.8, 4) is 11.3 Å². The Morgan fingerprint density at radius 2 is 2.09 bits per heavy atom. The highest BCUT2D eigenvalue weighted by atomic mass is 35.5. The van der Waals surface area contributed by atoms with Crippen LogP contribution in [0.5, 0.6) is 0 Å². The minimum atomic E-state index is -0.253. The third-order valence-electron chi connectivity index (χ3n) is 3.01. The summed E-state index contributed by atoms with van der Waals surface area (Å²) in [6, 6.07) is 11.1. The summed E-state index contributed by atoms with van der Waals surface area (Å²) in [7, 11) is 0. The first-order chi connectivity index (χ1) is 11.2. The summed E-state index contributed by atoms with van der Waals surface area (Å²) in [5.74, 6) is -0.253. The number of hydrogen-bond donors (Lipinski definition) is 1. The molecule has 0 aliphatic rings. The van der Waals surface area contributed by atoms with E-state index in [9.17, 15) is 4.79 Å². The Bertz CT molecular complexity index is 846. The highest BCUT2D eigenvalue weighted by Crippen LogP contribution is 2.24. The molecule has 0 saturated heterocycles. The summed E-state index contributed by atoms with van der Waals surface area (Å²) in [4.78, 5) is 20.4. The van der Waals surface area contributed by atoms with Crippen molar-refractivity contribution in [2.45, 2.75) is 0 Å². The SMILES string of the molecule is O=C(C=Cc1ccccc1Cl)Nc1nc(-c2cccnc2)cs1. The molecule has 1 aromatic carbocycles. The number of halogens is 1. The molecule has 0 bridgehead atoms. The van der Waals surface area contributed by atoms with Crippen molar-refractivity contribution in [3.63, 3.8) is 0 Å². The number of pyridine rings is 1. The number of hydrogen-bond acceptors (Lipinski definition) is 4. The van der Waals surface area contributed by atoms with Gasteiger partial charge in [0.25, 0.3) is 0 Å². The number of benzene rings is 1. The van der Waals surface area contributed by atoms with Gasteiger partial charge < -0.3 is 0 Å². The number of carbonyl (C=O) groups is 1. The van der Waals surface area contributed by atoms with Crippen LogP contribution in [-0.2, 0) is 4.79 Å². The van der Waals surface area contributed by atoms with Gasteiger partial charge in [-0.05, 0) is 29.8 Å². The molecule has 0 unspecified atom stereocenters. The molecule has 1 amide bonds. The van der Waals surface area contributed by atoms with Gasteiger partial charge in [0.2, 0.25) is 5.91 Å². The quantitative estimate of drug-likeness (QED) is 0.710. The van der Waals surface area contributed by atoms with Crippen LogP contribution in [0.3, 0.4) is 0 Å². The molecule has 0 fully saturated rings. The molecular formula is C17H12ClN3OS. The fourth-order valence-corrected chi connectivity index (χ4v) is 2.82. The normalized spacial score (nSPS) is 10.8. The second-order valence-electron chi connectivity index (χ2n) is 4.62. The third-order valence-corrected chi connectivity index (χ3v) is 4.11. The summed E-state index contributed by atoms with van der Waals surface area (Å²) >= 11 is 7.41. The molecule has 114 valence electrons. The molecule has 0 radical (unpaired) electrons. The Balaban J connectivity index is 1.67. The Hall–Kier alpha value is -2.50. The van der Waals surface area contributed by atoms with Crippen molar-refractivity contribution in [1.29, 1.82) is 0 Å². The average molecular weight is 342 g/mol. The number of amides is 1. The second-order valence-corrected chi connectivity index (χ2v) is 5.89. The van der Waals surface area contributed by atoms with Gasteiger partial charge in [0.15, 0.2) is 5.13 Å². The van der Waals surface area contributed by atoms with Gasteiger partial charge in [-0.1, -0.05) is 29.8 Å². The van der Waals surface area contributed by atoms with E-state index in [-0.39, 0.29) is 5.91 Å². The Morgan fingerprint density at radius 1 is 1.22 bits per heavy atom.